The minimum absolute atomic E-state index is 0.112. The van der Waals surface area contributed by atoms with Crippen molar-refractivity contribution >= 4 is 47.0 Å². The molecule has 0 aromatic heterocycles. The fourth-order valence-corrected chi connectivity index (χ4v) is 6.96. The third-order valence-corrected chi connectivity index (χ3v) is 10.0. The number of carboxylic acid groups (broad SMARTS) is 2. The van der Waals surface area contributed by atoms with E-state index in [-0.39, 0.29) is 24.2 Å². The van der Waals surface area contributed by atoms with Crippen molar-refractivity contribution in [1.82, 2.24) is 20.4 Å². The molecule has 2 fully saturated rings. The number of benzene rings is 2. The van der Waals surface area contributed by atoms with Crippen molar-refractivity contribution in [3.8, 4) is 0 Å². The Kier molecular flexibility index (Phi) is 15.3. The zero-order chi connectivity index (χ0) is 38.1. The van der Waals surface area contributed by atoms with Gasteiger partial charge in [-0.3, -0.25) is 24.4 Å². The van der Waals surface area contributed by atoms with E-state index in [0.717, 1.165) is 112 Å². The number of allylic oxidation sites excluding steroid dienone is 1. The zero-order valence-electron chi connectivity index (χ0n) is 31.0. The normalized spacial score (nSPS) is 17.9. The number of nitrogens with zero attached hydrogens (tertiary/aromatic N) is 4. The Balaban J connectivity index is 0.000000208. The first-order valence-corrected chi connectivity index (χ1v) is 19.2. The SMILES string of the molecule is O=C(O)/C=C/C1CCN(C(=O)Cc2cccc(NC3=NCCCN3)c2)CC1.O=C(O)CCC1CCN(C(=O)Cc2cccc(NC3=NCCCN3)c2)CC1. The molecule has 2 amide bonds. The number of carbonyl (C=O) groups is 4. The molecule has 0 saturated carbocycles. The number of likely N-dealkylation sites (tertiary alicyclic amines) is 2. The first-order chi connectivity index (χ1) is 26.2. The summed E-state index contributed by atoms with van der Waals surface area (Å²) in [7, 11) is 0. The highest BCUT2D eigenvalue weighted by molar-refractivity contribution is 5.95. The third-order valence-electron chi connectivity index (χ3n) is 10.0. The van der Waals surface area contributed by atoms with Crippen LogP contribution in [-0.4, -0.2) is 108 Å². The van der Waals surface area contributed by atoms with E-state index in [2.05, 4.69) is 31.3 Å². The molecule has 2 saturated heterocycles. The topological polar surface area (TPSA) is 188 Å². The van der Waals surface area contributed by atoms with Crippen molar-refractivity contribution in [2.75, 3.05) is 63.0 Å². The Morgan fingerprint density at radius 2 is 1.24 bits per heavy atom. The van der Waals surface area contributed by atoms with E-state index in [1.807, 2.05) is 58.3 Å². The van der Waals surface area contributed by atoms with Crippen LogP contribution < -0.4 is 21.3 Å². The Morgan fingerprint density at radius 1 is 0.741 bits per heavy atom. The second kappa shape index (κ2) is 20.7. The van der Waals surface area contributed by atoms with E-state index in [0.29, 0.717) is 38.3 Å². The summed E-state index contributed by atoms with van der Waals surface area (Å²) >= 11 is 0. The van der Waals surface area contributed by atoms with Gasteiger partial charge in [0.05, 0.1) is 12.8 Å². The lowest BCUT2D eigenvalue weighted by Crippen LogP contribution is -2.39. The molecule has 2 aromatic rings. The Bertz CT molecular complexity index is 1680. The van der Waals surface area contributed by atoms with Gasteiger partial charge in [0.15, 0.2) is 11.9 Å². The number of guanidine groups is 2. The number of aliphatic carboxylic acids is 2. The van der Waals surface area contributed by atoms with Crippen LogP contribution >= 0.6 is 0 Å². The lowest BCUT2D eigenvalue weighted by Gasteiger charge is -2.32. The number of anilines is 2. The highest BCUT2D eigenvalue weighted by Gasteiger charge is 2.24. The molecule has 4 aliphatic heterocycles. The van der Waals surface area contributed by atoms with Crippen LogP contribution in [0.1, 0.15) is 62.5 Å². The number of carboxylic acids is 2. The Labute approximate surface area is 317 Å². The minimum Gasteiger partial charge on any atom is -0.481 e. The molecule has 2 aromatic carbocycles. The summed E-state index contributed by atoms with van der Waals surface area (Å²) in [5, 5.41) is 30.5. The van der Waals surface area contributed by atoms with Crippen LogP contribution in [0.5, 0.6) is 0 Å². The van der Waals surface area contributed by atoms with Gasteiger partial charge in [-0.2, -0.15) is 0 Å². The number of hydrogen-bond acceptors (Lipinski definition) is 10. The lowest BCUT2D eigenvalue weighted by molar-refractivity contribution is -0.138. The Morgan fingerprint density at radius 3 is 1.69 bits per heavy atom. The number of amides is 2. The maximum absolute atomic E-state index is 12.6. The molecule has 54 heavy (non-hydrogen) atoms. The van der Waals surface area contributed by atoms with Crippen LogP contribution in [-0.2, 0) is 32.0 Å². The molecule has 0 aliphatic carbocycles. The molecule has 0 bridgehead atoms. The fourth-order valence-electron chi connectivity index (χ4n) is 6.96. The van der Waals surface area contributed by atoms with Crippen LogP contribution in [0.25, 0.3) is 0 Å². The molecule has 290 valence electrons. The van der Waals surface area contributed by atoms with Gasteiger partial charge in [-0.05, 0) is 92.2 Å². The summed E-state index contributed by atoms with van der Waals surface area (Å²) in [5.74, 6) is 0.808. The summed E-state index contributed by atoms with van der Waals surface area (Å²) in [6.45, 7) is 6.29. The maximum Gasteiger partial charge on any atom is 0.327 e. The second-order valence-corrected chi connectivity index (χ2v) is 14.2. The number of carbonyl (C=O) groups excluding carboxylic acids is 2. The molecule has 0 unspecified atom stereocenters. The summed E-state index contributed by atoms with van der Waals surface area (Å²) in [6.07, 6.45) is 10.1. The quantitative estimate of drug-likeness (QED) is 0.184. The van der Waals surface area contributed by atoms with Gasteiger partial charge in [0.1, 0.15) is 0 Å². The highest BCUT2D eigenvalue weighted by Crippen LogP contribution is 2.23. The molecule has 6 N–H and O–H groups in total. The number of nitrogens with one attached hydrogen (secondary N) is 4. The summed E-state index contributed by atoms with van der Waals surface area (Å²) < 4.78 is 0. The number of rotatable bonds is 11. The third kappa shape index (κ3) is 13.5. The largest absolute Gasteiger partial charge is 0.481 e. The molecular weight excluding hydrogens is 688 g/mol. The van der Waals surface area contributed by atoms with E-state index in [1.165, 1.54) is 6.08 Å². The predicted molar refractivity (Wildman–Crippen MR) is 210 cm³/mol. The van der Waals surface area contributed by atoms with Crippen LogP contribution in [0.15, 0.2) is 70.7 Å². The summed E-state index contributed by atoms with van der Waals surface area (Å²) in [5.41, 5.74) is 3.80. The molecular formula is C40H54N8O6. The van der Waals surface area contributed by atoms with Crippen molar-refractivity contribution in [3.63, 3.8) is 0 Å². The average Bonchev–Trinajstić information content (AvgIpc) is 3.18. The lowest BCUT2D eigenvalue weighted by atomic mass is 9.92. The number of aliphatic imine (C=N–C) groups is 2. The predicted octanol–water partition coefficient (Wildman–Crippen LogP) is 3.96. The van der Waals surface area contributed by atoms with Crippen LogP contribution in [0, 0.1) is 11.8 Å². The fraction of sp³-hybridized carbons (Fsp3) is 0.500. The standard InChI is InChI=1S/C20H28N4O3.C20H26N4O3/c2*25-18(24-11-7-15(8-12-24)5-6-19(26)27)14-16-3-1-4-17(13-16)23-20-21-9-2-10-22-20/h1,3-4,13,15H,2,5-12,14H2,(H,26,27)(H2,21,22,23);1,3-6,13,15H,2,7-12,14H2,(H,26,27)(H2,21,22,23)/b;6-5+. The van der Waals surface area contributed by atoms with Gasteiger partial charge < -0.3 is 41.3 Å². The highest BCUT2D eigenvalue weighted by atomic mass is 16.4. The van der Waals surface area contributed by atoms with E-state index >= 15 is 0 Å². The van der Waals surface area contributed by atoms with Gasteiger partial charge in [-0.15, -0.1) is 0 Å². The van der Waals surface area contributed by atoms with Gasteiger partial charge in [-0.25, -0.2) is 4.79 Å². The average molecular weight is 743 g/mol. The molecule has 14 heteroatoms. The van der Waals surface area contributed by atoms with Gasteiger partial charge in [-0.1, -0.05) is 30.3 Å². The van der Waals surface area contributed by atoms with Crippen LogP contribution in [0.3, 0.4) is 0 Å². The van der Waals surface area contributed by atoms with Gasteiger partial charge in [0.25, 0.3) is 0 Å². The summed E-state index contributed by atoms with van der Waals surface area (Å²) in [6, 6.07) is 15.7. The number of piperidine rings is 2. The van der Waals surface area contributed by atoms with Gasteiger partial charge >= 0.3 is 11.9 Å². The minimum atomic E-state index is -0.920. The van der Waals surface area contributed by atoms with Crippen LogP contribution in [0.2, 0.25) is 0 Å². The van der Waals surface area contributed by atoms with Crippen molar-refractivity contribution < 1.29 is 29.4 Å². The molecule has 0 radical (unpaired) electrons. The Hall–Kier alpha value is -5.40. The molecule has 0 spiro atoms. The van der Waals surface area contributed by atoms with Gasteiger partial charge in [0.2, 0.25) is 11.8 Å². The molecule has 6 rings (SSSR count). The van der Waals surface area contributed by atoms with E-state index in [1.54, 1.807) is 6.08 Å². The molecule has 4 heterocycles. The smallest absolute Gasteiger partial charge is 0.327 e. The van der Waals surface area contributed by atoms with Crippen molar-refractivity contribution in [2.24, 2.45) is 21.8 Å². The zero-order valence-corrected chi connectivity index (χ0v) is 31.0. The first kappa shape index (κ1) is 39.8. The van der Waals surface area contributed by atoms with E-state index < -0.39 is 11.9 Å². The molecule has 0 atom stereocenters. The van der Waals surface area contributed by atoms with E-state index in [9.17, 15) is 19.2 Å². The van der Waals surface area contributed by atoms with E-state index in [4.69, 9.17) is 10.2 Å². The summed E-state index contributed by atoms with van der Waals surface area (Å²) in [4.78, 5) is 59.1. The van der Waals surface area contributed by atoms with Crippen molar-refractivity contribution in [1.29, 1.82) is 0 Å². The first-order valence-electron chi connectivity index (χ1n) is 19.2. The monoisotopic (exact) mass is 742 g/mol. The van der Waals surface area contributed by atoms with Crippen molar-refractivity contribution in [2.45, 2.75) is 64.2 Å². The molecule has 14 nitrogen and oxygen atoms in total. The van der Waals surface area contributed by atoms with Crippen molar-refractivity contribution in [3.05, 3.63) is 71.8 Å². The van der Waals surface area contributed by atoms with Crippen LogP contribution in [0.4, 0.5) is 11.4 Å². The maximum atomic E-state index is 12.6. The number of hydrogen-bond donors (Lipinski definition) is 6. The molecule has 4 aliphatic rings. The van der Waals surface area contributed by atoms with Gasteiger partial charge in [0, 0.05) is 76.2 Å². The second-order valence-electron chi connectivity index (χ2n) is 14.2.